The fraction of sp³-hybridized carbons (Fsp3) is 0.231. The van der Waals surface area contributed by atoms with Crippen LogP contribution in [0.1, 0.15) is 22.7 Å². The van der Waals surface area contributed by atoms with Crippen LogP contribution in [0.15, 0.2) is 30.3 Å². The van der Waals surface area contributed by atoms with Crippen LogP contribution < -0.4 is 5.32 Å². The minimum absolute atomic E-state index is 0.112. The lowest BCUT2D eigenvalue weighted by Gasteiger charge is -2.13. The van der Waals surface area contributed by atoms with Gasteiger partial charge in [-0.15, -0.1) is 11.3 Å². The fourth-order valence-electron chi connectivity index (χ4n) is 1.77. The molecule has 1 unspecified atom stereocenters. The molecule has 2 aromatic rings. The third-order valence-electron chi connectivity index (χ3n) is 2.72. The predicted molar refractivity (Wildman–Crippen MR) is 74.1 cm³/mol. The molecule has 0 aliphatic rings. The molecule has 6 heteroatoms. The van der Waals surface area contributed by atoms with E-state index in [1.807, 2.05) is 26.0 Å². The summed E-state index contributed by atoms with van der Waals surface area (Å²) in [7, 11) is 0. The molecule has 4 nitrogen and oxygen atoms in total. The summed E-state index contributed by atoms with van der Waals surface area (Å²) in [4.78, 5) is 12.6. The van der Waals surface area contributed by atoms with Crippen LogP contribution >= 0.6 is 11.3 Å². The molecule has 0 spiro atoms. The molecule has 2 rings (SSSR count). The van der Waals surface area contributed by atoms with Crippen LogP contribution in [0.25, 0.3) is 0 Å². The van der Waals surface area contributed by atoms with Crippen LogP contribution in [0, 0.1) is 22.9 Å². The van der Waals surface area contributed by atoms with E-state index < -0.39 is 10.7 Å². The number of benzene rings is 1. The Morgan fingerprint density at radius 2 is 2.11 bits per heavy atom. The molecule has 1 heterocycles. The van der Waals surface area contributed by atoms with Gasteiger partial charge in [0.2, 0.25) is 0 Å². The lowest BCUT2D eigenvalue weighted by molar-refractivity contribution is -0.384. The van der Waals surface area contributed by atoms with E-state index in [0.29, 0.717) is 0 Å². The Labute approximate surface area is 114 Å². The first-order valence-electron chi connectivity index (χ1n) is 5.74. The first-order chi connectivity index (χ1) is 8.97. The SMILES string of the molecule is Cc1ccc(C(C)Nc2cc(F)ccc2[N+](=O)[O-])s1. The summed E-state index contributed by atoms with van der Waals surface area (Å²) in [6, 6.07) is 7.24. The molecule has 0 radical (unpaired) electrons. The quantitative estimate of drug-likeness (QED) is 0.672. The van der Waals surface area contributed by atoms with E-state index in [1.54, 1.807) is 11.3 Å². The van der Waals surface area contributed by atoms with Crippen LogP contribution in [0.5, 0.6) is 0 Å². The Hall–Kier alpha value is -1.95. The van der Waals surface area contributed by atoms with Crippen molar-refractivity contribution in [3.05, 3.63) is 56.0 Å². The topological polar surface area (TPSA) is 55.2 Å². The first kappa shape index (κ1) is 13.5. The minimum Gasteiger partial charge on any atom is -0.372 e. The molecule has 0 fully saturated rings. The second-order valence-corrected chi connectivity index (χ2v) is 5.55. The van der Waals surface area contributed by atoms with Gasteiger partial charge in [-0.1, -0.05) is 0 Å². The number of hydrogen-bond acceptors (Lipinski definition) is 4. The molecule has 100 valence electrons. The van der Waals surface area contributed by atoms with Gasteiger partial charge in [-0.3, -0.25) is 10.1 Å². The number of nitrogens with zero attached hydrogens (tertiary/aromatic N) is 1. The van der Waals surface area contributed by atoms with Crippen molar-refractivity contribution in [1.82, 2.24) is 0 Å². The number of thiophene rings is 1. The van der Waals surface area contributed by atoms with Gasteiger partial charge in [-0.05, 0) is 32.0 Å². The molecule has 1 aromatic carbocycles. The number of rotatable bonds is 4. The maximum Gasteiger partial charge on any atom is 0.292 e. The summed E-state index contributed by atoms with van der Waals surface area (Å²) < 4.78 is 13.2. The second kappa shape index (κ2) is 5.36. The van der Waals surface area contributed by atoms with Gasteiger partial charge < -0.3 is 5.32 Å². The monoisotopic (exact) mass is 280 g/mol. The van der Waals surface area contributed by atoms with Gasteiger partial charge in [-0.25, -0.2) is 4.39 Å². The van der Waals surface area contributed by atoms with Crippen LogP contribution in [0.2, 0.25) is 0 Å². The molecule has 0 aliphatic carbocycles. The Morgan fingerprint density at radius 3 is 2.68 bits per heavy atom. The van der Waals surface area contributed by atoms with Crippen molar-refractivity contribution in [2.24, 2.45) is 0 Å². The normalized spacial score (nSPS) is 12.2. The predicted octanol–water partition coefficient (Wildman–Crippen LogP) is 4.28. The molecular formula is C13H13FN2O2S. The summed E-state index contributed by atoms with van der Waals surface area (Å²) >= 11 is 1.61. The number of nitrogens with one attached hydrogen (secondary N) is 1. The summed E-state index contributed by atoms with van der Waals surface area (Å²) in [5, 5.41) is 13.9. The van der Waals surface area contributed by atoms with Crippen molar-refractivity contribution in [3.8, 4) is 0 Å². The van der Waals surface area contributed by atoms with Crippen molar-refractivity contribution in [2.75, 3.05) is 5.32 Å². The second-order valence-electron chi connectivity index (χ2n) is 4.23. The number of nitro benzene ring substituents is 1. The molecule has 1 N–H and O–H groups in total. The number of halogens is 1. The van der Waals surface area contributed by atoms with E-state index >= 15 is 0 Å². The first-order valence-corrected chi connectivity index (χ1v) is 6.56. The number of anilines is 1. The van der Waals surface area contributed by atoms with E-state index in [2.05, 4.69) is 5.32 Å². The van der Waals surface area contributed by atoms with Gasteiger partial charge in [0.15, 0.2) is 0 Å². The van der Waals surface area contributed by atoms with Gasteiger partial charge in [0.1, 0.15) is 11.5 Å². The zero-order valence-electron chi connectivity index (χ0n) is 10.5. The number of nitro groups is 1. The van der Waals surface area contributed by atoms with Crippen LogP contribution in [0.3, 0.4) is 0 Å². The Morgan fingerprint density at radius 1 is 1.37 bits per heavy atom. The van der Waals surface area contributed by atoms with Crippen molar-refractivity contribution < 1.29 is 9.31 Å². The van der Waals surface area contributed by atoms with Crippen LogP contribution in [-0.2, 0) is 0 Å². The smallest absolute Gasteiger partial charge is 0.292 e. The van der Waals surface area contributed by atoms with E-state index in [9.17, 15) is 14.5 Å². The van der Waals surface area contributed by atoms with Crippen molar-refractivity contribution in [3.63, 3.8) is 0 Å². The lowest BCUT2D eigenvalue weighted by Crippen LogP contribution is -2.07. The van der Waals surface area contributed by atoms with Crippen molar-refractivity contribution in [2.45, 2.75) is 19.9 Å². The van der Waals surface area contributed by atoms with Crippen LogP contribution in [-0.4, -0.2) is 4.92 Å². The minimum atomic E-state index is -0.520. The maximum atomic E-state index is 13.2. The van der Waals surface area contributed by atoms with Gasteiger partial charge in [-0.2, -0.15) is 0 Å². The van der Waals surface area contributed by atoms with E-state index in [-0.39, 0.29) is 17.4 Å². The molecule has 0 aliphatic heterocycles. The Bertz CT molecular complexity index is 612. The molecule has 0 amide bonds. The standard InChI is InChI=1S/C13H13FN2O2S/c1-8-3-6-13(19-8)9(2)15-11-7-10(14)4-5-12(11)16(17)18/h3-7,9,15H,1-2H3. The average Bonchev–Trinajstić information content (AvgIpc) is 2.75. The number of aryl methyl sites for hydroxylation is 1. The zero-order chi connectivity index (χ0) is 14.0. The maximum absolute atomic E-state index is 13.2. The van der Waals surface area contributed by atoms with Crippen LogP contribution in [0.4, 0.5) is 15.8 Å². The summed E-state index contributed by atoms with van der Waals surface area (Å²) in [6.07, 6.45) is 0. The zero-order valence-corrected chi connectivity index (χ0v) is 11.3. The van der Waals surface area contributed by atoms with Gasteiger partial charge in [0.25, 0.3) is 5.69 Å². The van der Waals surface area contributed by atoms with Gasteiger partial charge in [0.05, 0.1) is 11.0 Å². The van der Waals surface area contributed by atoms with E-state index in [0.717, 1.165) is 21.9 Å². The lowest BCUT2D eigenvalue weighted by atomic mass is 10.2. The highest BCUT2D eigenvalue weighted by molar-refractivity contribution is 7.12. The third kappa shape index (κ3) is 3.08. The molecule has 1 atom stereocenters. The molecule has 19 heavy (non-hydrogen) atoms. The Kier molecular flexibility index (Phi) is 3.80. The van der Waals surface area contributed by atoms with Gasteiger partial charge in [0, 0.05) is 21.9 Å². The molecule has 1 aromatic heterocycles. The highest BCUT2D eigenvalue weighted by Crippen LogP contribution is 2.31. The summed E-state index contributed by atoms with van der Waals surface area (Å²) in [5.41, 5.74) is 0.0741. The van der Waals surface area contributed by atoms with Crippen molar-refractivity contribution >= 4 is 22.7 Å². The molecule has 0 saturated carbocycles. The highest BCUT2D eigenvalue weighted by Gasteiger charge is 2.17. The van der Waals surface area contributed by atoms with Gasteiger partial charge >= 0.3 is 0 Å². The molecule has 0 saturated heterocycles. The largest absolute Gasteiger partial charge is 0.372 e. The number of hydrogen-bond donors (Lipinski definition) is 1. The fourth-order valence-corrected chi connectivity index (χ4v) is 2.65. The summed E-state index contributed by atoms with van der Waals surface area (Å²) in [5.74, 6) is -0.498. The van der Waals surface area contributed by atoms with E-state index in [1.165, 1.54) is 6.07 Å². The Balaban J connectivity index is 2.27. The third-order valence-corrected chi connectivity index (χ3v) is 3.90. The molecular weight excluding hydrogens is 267 g/mol. The average molecular weight is 280 g/mol. The van der Waals surface area contributed by atoms with Crippen molar-refractivity contribution in [1.29, 1.82) is 0 Å². The summed E-state index contributed by atoms with van der Waals surface area (Å²) in [6.45, 7) is 3.88. The molecule has 0 bridgehead atoms. The van der Waals surface area contributed by atoms with E-state index in [4.69, 9.17) is 0 Å². The highest BCUT2D eigenvalue weighted by atomic mass is 32.1.